The van der Waals surface area contributed by atoms with Gasteiger partial charge in [0, 0.05) is 5.56 Å². The van der Waals surface area contributed by atoms with Gasteiger partial charge < -0.3 is 10.7 Å². The molecule has 5 nitrogen and oxygen atoms in total. The molecule has 0 unspecified atom stereocenters. The van der Waals surface area contributed by atoms with Crippen molar-refractivity contribution in [2.75, 3.05) is 0 Å². The number of aromatic nitrogens is 2. The fraction of sp³-hybridized carbons (Fsp3) is 0. The van der Waals surface area contributed by atoms with Crippen LogP contribution in [0, 0.1) is 11.3 Å². The number of aromatic amines is 1. The quantitative estimate of drug-likeness (QED) is 0.725. The summed E-state index contributed by atoms with van der Waals surface area (Å²) in [5, 5.41) is 9.36. The Bertz CT molecular complexity index is 881. The van der Waals surface area contributed by atoms with Crippen LogP contribution in [0.2, 0.25) is 0 Å². The molecule has 2 aromatic carbocycles. The molecule has 3 N–H and O–H groups in total. The summed E-state index contributed by atoms with van der Waals surface area (Å²) in [4.78, 5) is 18.6. The molecule has 0 aliphatic rings. The van der Waals surface area contributed by atoms with Crippen molar-refractivity contribution in [3.63, 3.8) is 0 Å². The average molecular weight is 288 g/mol. The minimum atomic E-state index is -0.478. The Morgan fingerprint density at radius 1 is 1.18 bits per heavy atom. The summed E-state index contributed by atoms with van der Waals surface area (Å²) < 4.78 is 0. The third kappa shape index (κ3) is 2.58. The first-order chi connectivity index (χ1) is 10.7. The number of carbonyl (C=O) groups is 1. The number of nitrogens with zero attached hydrogens (tertiary/aromatic N) is 2. The fourth-order valence-electron chi connectivity index (χ4n) is 2.14. The topological polar surface area (TPSA) is 95.6 Å². The molecular weight excluding hydrogens is 276 g/mol. The number of para-hydroxylation sites is 2. The summed E-state index contributed by atoms with van der Waals surface area (Å²) in [6.45, 7) is 0. The van der Waals surface area contributed by atoms with Crippen molar-refractivity contribution in [1.82, 2.24) is 9.97 Å². The largest absolute Gasteiger partial charge is 0.366 e. The number of H-pyrrole nitrogens is 1. The highest BCUT2D eigenvalue weighted by Crippen LogP contribution is 2.19. The molecule has 0 aliphatic carbocycles. The fourth-order valence-corrected chi connectivity index (χ4v) is 2.14. The number of imidazole rings is 1. The van der Waals surface area contributed by atoms with E-state index in [0.717, 1.165) is 16.6 Å². The summed E-state index contributed by atoms with van der Waals surface area (Å²) >= 11 is 0. The maximum absolute atomic E-state index is 11.1. The highest BCUT2D eigenvalue weighted by atomic mass is 16.1. The number of primary amides is 1. The third-order valence-corrected chi connectivity index (χ3v) is 3.27. The lowest BCUT2D eigenvalue weighted by atomic mass is 10.1. The summed E-state index contributed by atoms with van der Waals surface area (Å²) in [6.07, 6.45) is 1.71. The molecular formula is C17H12N4O. The number of nitrogens with two attached hydrogens (primary N) is 1. The van der Waals surface area contributed by atoms with Crippen LogP contribution in [0.1, 0.15) is 21.7 Å². The first-order valence-electron chi connectivity index (χ1n) is 6.64. The van der Waals surface area contributed by atoms with Crippen LogP contribution in [0.25, 0.3) is 22.7 Å². The van der Waals surface area contributed by atoms with Crippen molar-refractivity contribution in [3.05, 3.63) is 65.5 Å². The molecule has 0 atom stereocenters. The number of nitriles is 1. The minimum Gasteiger partial charge on any atom is -0.366 e. The molecule has 0 saturated carbocycles. The third-order valence-electron chi connectivity index (χ3n) is 3.27. The van der Waals surface area contributed by atoms with Gasteiger partial charge in [-0.2, -0.15) is 5.26 Å². The first kappa shape index (κ1) is 13.6. The number of amides is 1. The predicted molar refractivity (Wildman–Crippen MR) is 84.5 cm³/mol. The van der Waals surface area contributed by atoms with Crippen LogP contribution in [0.5, 0.6) is 0 Å². The molecule has 0 bridgehead atoms. The van der Waals surface area contributed by atoms with E-state index in [4.69, 9.17) is 5.73 Å². The van der Waals surface area contributed by atoms with Crippen LogP contribution in [-0.4, -0.2) is 15.9 Å². The van der Waals surface area contributed by atoms with E-state index in [-0.39, 0.29) is 0 Å². The van der Waals surface area contributed by atoms with E-state index in [2.05, 4.69) is 16.0 Å². The van der Waals surface area contributed by atoms with Gasteiger partial charge in [-0.25, -0.2) is 4.98 Å². The van der Waals surface area contributed by atoms with Crippen LogP contribution in [0.15, 0.2) is 48.5 Å². The van der Waals surface area contributed by atoms with Crippen LogP contribution in [0.4, 0.5) is 0 Å². The van der Waals surface area contributed by atoms with E-state index in [1.807, 2.05) is 24.3 Å². The smallest absolute Gasteiger partial charge is 0.248 e. The standard InChI is InChI=1S/C17H12N4O/c18-10-13(9-11-5-7-12(8-6-11)16(19)22)17-20-14-3-1-2-4-15(14)21-17/h1-9H,(H2,19,22)(H,20,21)/b13-9+. The predicted octanol–water partition coefficient (Wildman–Crippen LogP) is 2.73. The lowest BCUT2D eigenvalue weighted by Crippen LogP contribution is -2.10. The van der Waals surface area contributed by atoms with E-state index in [0.29, 0.717) is 17.0 Å². The van der Waals surface area contributed by atoms with E-state index < -0.39 is 5.91 Å². The Morgan fingerprint density at radius 3 is 2.55 bits per heavy atom. The maximum Gasteiger partial charge on any atom is 0.248 e. The molecule has 1 heterocycles. The second-order valence-electron chi connectivity index (χ2n) is 4.76. The molecule has 3 rings (SSSR count). The summed E-state index contributed by atoms with van der Waals surface area (Å²) in [5.74, 6) is 0.0380. The number of fused-ring (bicyclic) bond motifs is 1. The summed E-state index contributed by atoms with van der Waals surface area (Å²) in [7, 11) is 0. The normalized spacial score (nSPS) is 11.3. The first-order valence-corrected chi connectivity index (χ1v) is 6.64. The molecule has 1 aromatic heterocycles. The Morgan fingerprint density at radius 2 is 1.91 bits per heavy atom. The lowest BCUT2D eigenvalue weighted by molar-refractivity contribution is 0.100. The van der Waals surface area contributed by atoms with Crippen molar-refractivity contribution in [1.29, 1.82) is 5.26 Å². The lowest BCUT2D eigenvalue weighted by Gasteiger charge is -1.98. The Hall–Kier alpha value is -3.39. The van der Waals surface area contributed by atoms with Gasteiger partial charge in [-0.1, -0.05) is 24.3 Å². The van der Waals surface area contributed by atoms with E-state index in [1.54, 1.807) is 30.3 Å². The zero-order valence-corrected chi connectivity index (χ0v) is 11.6. The van der Waals surface area contributed by atoms with Crippen molar-refractivity contribution in [2.45, 2.75) is 0 Å². The van der Waals surface area contributed by atoms with E-state index >= 15 is 0 Å². The van der Waals surface area contributed by atoms with Gasteiger partial charge in [-0.3, -0.25) is 4.79 Å². The Labute approximate surface area is 126 Å². The molecule has 0 saturated heterocycles. The molecule has 0 fully saturated rings. The zero-order valence-electron chi connectivity index (χ0n) is 11.6. The Balaban J connectivity index is 1.99. The molecule has 0 aliphatic heterocycles. The van der Waals surface area contributed by atoms with Gasteiger partial charge in [0.15, 0.2) is 0 Å². The SMILES string of the molecule is N#C/C(=C\c1ccc(C(N)=O)cc1)c1nc2ccccc2[nH]1. The maximum atomic E-state index is 11.1. The van der Waals surface area contributed by atoms with Crippen LogP contribution < -0.4 is 5.73 Å². The second kappa shape index (κ2) is 5.54. The van der Waals surface area contributed by atoms with Crippen LogP contribution >= 0.6 is 0 Å². The zero-order chi connectivity index (χ0) is 15.5. The van der Waals surface area contributed by atoms with Gasteiger partial charge >= 0.3 is 0 Å². The summed E-state index contributed by atoms with van der Waals surface area (Å²) in [5.41, 5.74) is 8.53. The van der Waals surface area contributed by atoms with Gasteiger partial charge in [0.2, 0.25) is 5.91 Å². The molecule has 22 heavy (non-hydrogen) atoms. The van der Waals surface area contributed by atoms with E-state index in [1.165, 1.54) is 0 Å². The van der Waals surface area contributed by atoms with Crippen molar-refractivity contribution in [2.24, 2.45) is 5.73 Å². The van der Waals surface area contributed by atoms with Gasteiger partial charge in [0.25, 0.3) is 0 Å². The second-order valence-corrected chi connectivity index (χ2v) is 4.76. The van der Waals surface area contributed by atoms with Crippen molar-refractivity contribution in [3.8, 4) is 6.07 Å². The average Bonchev–Trinajstić information content (AvgIpc) is 2.96. The van der Waals surface area contributed by atoms with Gasteiger partial charge in [-0.05, 0) is 35.9 Å². The molecule has 106 valence electrons. The Kier molecular flexibility index (Phi) is 3.42. The number of benzene rings is 2. The van der Waals surface area contributed by atoms with Crippen molar-refractivity contribution >= 4 is 28.6 Å². The molecule has 0 radical (unpaired) electrons. The molecule has 3 aromatic rings. The van der Waals surface area contributed by atoms with E-state index in [9.17, 15) is 10.1 Å². The molecule has 1 amide bonds. The number of hydrogen-bond acceptors (Lipinski definition) is 3. The number of carbonyl (C=O) groups excluding carboxylic acids is 1. The van der Waals surface area contributed by atoms with Gasteiger partial charge in [-0.15, -0.1) is 0 Å². The molecule has 0 spiro atoms. The van der Waals surface area contributed by atoms with Crippen molar-refractivity contribution < 1.29 is 4.79 Å². The van der Waals surface area contributed by atoms with Crippen LogP contribution in [0.3, 0.4) is 0 Å². The number of rotatable bonds is 3. The van der Waals surface area contributed by atoms with Gasteiger partial charge in [0.1, 0.15) is 11.9 Å². The number of nitrogens with one attached hydrogen (secondary N) is 1. The highest BCUT2D eigenvalue weighted by Gasteiger charge is 2.07. The van der Waals surface area contributed by atoms with Gasteiger partial charge in [0.05, 0.1) is 16.6 Å². The number of allylic oxidation sites excluding steroid dienone is 1. The molecule has 5 heteroatoms. The van der Waals surface area contributed by atoms with Crippen LogP contribution in [-0.2, 0) is 0 Å². The number of hydrogen-bond donors (Lipinski definition) is 2. The monoisotopic (exact) mass is 288 g/mol. The minimum absolute atomic E-state index is 0.419. The highest BCUT2D eigenvalue weighted by molar-refractivity contribution is 5.94. The summed E-state index contributed by atoms with van der Waals surface area (Å²) in [6, 6.07) is 16.5.